The molecule has 3 aliphatic heterocycles. The molecule has 3 aromatic carbocycles. The molecule has 4 atom stereocenters. The highest BCUT2D eigenvalue weighted by Gasteiger charge is 2.69. The molecule has 0 aliphatic carbocycles. The van der Waals surface area contributed by atoms with Crippen LogP contribution in [0.3, 0.4) is 0 Å². The average molecular weight is 486 g/mol. The van der Waals surface area contributed by atoms with Crippen LogP contribution in [0, 0.1) is 23.0 Å². The number of aryl methyl sites for hydroxylation is 1. The van der Waals surface area contributed by atoms with Crippen molar-refractivity contribution in [1.29, 1.82) is 0 Å². The fraction of sp³-hybridized carbons (Fsp3) is 0.259. The van der Waals surface area contributed by atoms with Crippen molar-refractivity contribution >= 4 is 34.8 Å². The lowest BCUT2D eigenvalue weighted by molar-refractivity contribution is -0.384. The highest BCUT2D eigenvalue weighted by Crippen LogP contribution is 2.61. The molecule has 3 aromatic rings. The molecule has 1 spiro atoms. The fourth-order valence-corrected chi connectivity index (χ4v) is 7.47. The molecule has 3 aliphatic rings. The van der Waals surface area contributed by atoms with Crippen LogP contribution in [-0.2, 0) is 10.3 Å². The van der Waals surface area contributed by atoms with Gasteiger partial charge in [-0.2, -0.15) is 0 Å². The van der Waals surface area contributed by atoms with E-state index in [4.69, 9.17) is 0 Å². The van der Waals surface area contributed by atoms with Crippen molar-refractivity contribution in [1.82, 2.24) is 4.90 Å². The van der Waals surface area contributed by atoms with Crippen LogP contribution in [0.1, 0.15) is 33.0 Å². The zero-order valence-electron chi connectivity index (χ0n) is 19.0. The summed E-state index contributed by atoms with van der Waals surface area (Å²) >= 11 is 1.72. The molecule has 0 unspecified atom stereocenters. The van der Waals surface area contributed by atoms with Crippen molar-refractivity contribution in [3.05, 3.63) is 105 Å². The third-order valence-corrected chi connectivity index (χ3v) is 8.65. The normalized spacial score (nSPS) is 27.0. The monoisotopic (exact) mass is 485 g/mol. The van der Waals surface area contributed by atoms with Gasteiger partial charge in [-0.3, -0.25) is 24.6 Å². The molecule has 2 fully saturated rings. The summed E-state index contributed by atoms with van der Waals surface area (Å²) in [5.41, 5.74) is 2.63. The first-order valence-electron chi connectivity index (χ1n) is 11.5. The van der Waals surface area contributed by atoms with E-state index in [1.54, 1.807) is 23.9 Å². The van der Waals surface area contributed by atoms with Crippen LogP contribution in [0.2, 0.25) is 0 Å². The first kappa shape index (κ1) is 22.0. The van der Waals surface area contributed by atoms with E-state index in [0.29, 0.717) is 11.4 Å². The van der Waals surface area contributed by atoms with Crippen LogP contribution in [-0.4, -0.2) is 39.2 Å². The SMILES string of the molecule is Cc1ccc(C(=O)[C@@H]2[C@H](c3cccc([N+](=O)[O-])c3)[C@@H]3CSCN3[C@@]23C(=O)Nc2ccccc23)cc1. The second-order valence-electron chi connectivity index (χ2n) is 9.39. The van der Waals surface area contributed by atoms with Gasteiger partial charge in [-0.05, 0) is 18.6 Å². The third kappa shape index (κ3) is 3.10. The molecular weight excluding hydrogens is 462 g/mol. The molecule has 35 heavy (non-hydrogen) atoms. The van der Waals surface area contributed by atoms with Crippen LogP contribution in [0.15, 0.2) is 72.8 Å². The number of carbonyl (C=O) groups excluding carboxylic acids is 2. The number of rotatable bonds is 4. The highest BCUT2D eigenvalue weighted by molar-refractivity contribution is 7.99. The molecule has 0 radical (unpaired) electrons. The Balaban J connectivity index is 1.61. The maximum absolute atomic E-state index is 14.4. The van der Waals surface area contributed by atoms with Crippen LogP contribution in [0.4, 0.5) is 11.4 Å². The lowest BCUT2D eigenvalue weighted by Gasteiger charge is -2.36. The van der Waals surface area contributed by atoms with E-state index in [0.717, 1.165) is 28.1 Å². The molecule has 8 heteroatoms. The number of nitrogens with one attached hydrogen (secondary N) is 1. The Morgan fingerprint density at radius 1 is 1.11 bits per heavy atom. The van der Waals surface area contributed by atoms with Gasteiger partial charge in [-0.25, -0.2) is 0 Å². The Labute approximate surface area is 206 Å². The smallest absolute Gasteiger partial charge is 0.269 e. The summed E-state index contributed by atoms with van der Waals surface area (Å²) in [6.07, 6.45) is 0. The molecule has 0 saturated carbocycles. The second kappa shape index (κ2) is 8.03. The van der Waals surface area contributed by atoms with Gasteiger partial charge in [0.15, 0.2) is 5.78 Å². The van der Waals surface area contributed by atoms with Crippen molar-refractivity contribution in [3.8, 4) is 0 Å². The Bertz CT molecular complexity index is 1370. The molecule has 3 heterocycles. The molecular formula is C27H23N3O4S. The number of hydrogen-bond acceptors (Lipinski definition) is 6. The first-order chi connectivity index (χ1) is 16.9. The number of carbonyl (C=O) groups is 2. The summed E-state index contributed by atoms with van der Waals surface area (Å²) < 4.78 is 0. The van der Waals surface area contributed by atoms with E-state index in [-0.39, 0.29) is 29.3 Å². The number of nitro groups is 1. The van der Waals surface area contributed by atoms with E-state index in [1.807, 2.05) is 61.5 Å². The maximum atomic E-state index is 14.4. The summed E-state index contributed by atoms with van der Waals surface area (Å²) in [5, 5.41) is 14.6. The standard InChI is InChI=1S/C27H23N3O4S/c1-16-9-11-17(12-10-16)25(31)24-23(18-5-4-6-19(13-18)30(33)34)22-14-35-15-29(22)27(24)20-7-2-3-8-21(20)28-26(27)32/h2-13,22-24H,14-15H2,1H3,(H,28,32)/t22-,23+,24-,27+/m0/s1. The average Bonchev–Trinajstić information content (AvgIpc) is 3.52. The van der Waals surface area contributed by atoms with Crippen molar-refractivity contribution in [2.45, 2.75) is 24.4 Å². The zero-order valence-corrected chi connectivity index (χ0v) is 19.8. The van der Waals surface area contributed by atoms with Crippen molar-refractivity contribution < 1.29 is 14.5 Å². The van der Waals surface area contributed by atoms with Gasteiger partial charge in [0.05, 0.1) is 10.8 Å². The number of thioether (sulfide) groups is 1. The largest absolute Gasteiger partial charge is 0.324 e. The summed E-state index contributed by atoms with van der Waals surface area (Å²) in [7, 11) is 0. The number of amides is 1. The van der Waals surface area contributed by atoms with Crippen LogP contribution >= 0.6 is 11.8 Å². The fourth-order valence-electron chi connectivity index (χ4n) is 6.15. The van der Waals surface area contributed by atoms with Gasteiger partial charge in [0, 0.05) is 52.5 Å². The minimum absolute atomic E-state index is 0.0153. The minimum atomic E-state index is -1.18. The van der Waals surface area contributed by atoms with E-state index in [9.17, 15) is 19.7 Å². The molecule has 176 valence electrons. The molecule has 1 amide bonds. The molecule has 0 bridgehead atoms. The Morgan fingerprint density at radius 2 is 1.89 bits per heavy atom. The number of para-hydroxylation sites is 1. The highest BCUT2D eigenvalue weighted by atomic mass is 32.2. The van der Waals surface area contributed by atoms with Crippen LogP contribution in [0.5, 0.6) is 0 Å². The lowest BCUT2D eigenvalue weighted by atomic mass is 9.69. The minimum Gasteiger partial charge on any atom is -0.324 e. The third-order valence-electron chi connectivity index (χ3n) is 7.61. The number of benzene rings is 3. The van der Waals surface area contributed by atoms with Gasteiger partial charge in [0.2, 0.25) is 5.91 Å². The number of anilines is 1. The van der Waals surface area contributed by atoms with Gasteiger partial charge in [-0.1, -0.05) is 60.2 Å². The predicted octanol–water partition coefficient (Wildman–Crippen LogP) is 4.72. The summed E-state index contributed by atoms with van der Waals surface area (Å²) in [6, 6.07) is 21.4. The predicted molar refractivity (Wildman–Crippen MR) is 135 cm³/mol. The second-order valence-corrected chi connectivity index (χ2v) is 10.4. The summed E-state index contributed by atoms with van der Waals surface area (Å²) in [5.74, 6) is -0.0904. The number of Topliss-reactive ketones (excluding diaryl/α,β-unsaturated/α-hetero) is 1. The van der Waals surface area contributed by atoms with E-state index in [1.165, 1.54) is 6.07 Å². The Morgan fingerprint density at radius 3 is 2.66 bits per heavy atom. The summed E-state index contributed by atoms with van der Waals surface area (Å²) in [4.78, 5) is 41.6. The van der Waals surface area contributed by atoms with E-state index in [2.05, 4.69) is 10.2 Å². The van der Waals surface area contributed by atoms with Crippen molar-refractivity contribution in [2.24, 2.45) is 5.92 Å². The number of fused-ring (bicyclic) bond motifs is 4. The van der Waals surface area contributed by atoms with Crippen LogP contribution in [0.25, 0.3) is 0 Å². The quantitative estimate of drug-likeness (QED) is 0.327. The topological polar surface area (TPSA) is 92.5 Å². The van der Waals surface area contributed by atoms with Gasteiger partial charge in [0.1, 0.15) is 5.54 Å². The Kier molecular flexibility index (Phi) is 5.05. The lowest BCUT2D eigenvalue weighted by Crippen LogP contribution is -2.52. The van der Waals surface area contributed by atoms with E-state index < -0.39 is 16.4 Å². The first-order valence-corrected chi connectivity index (χ1v) is 12.7. The number of nitro benzene ring substituents is 1. The molecule has 0 aromatic heterocycles. The molecule has 6 rings (SSSR count). The maximum Gasteiger partial charge on any atom is 0.269 e. The van der Waals surface area contributed by atoms with Gasteiger partial charge >= 0.3 is 0 Å². The van der Waals surface area contributed by atoms with Crippen molar-refractivity contribution in [2.75, 3.05) is 16.9 Å². The summed E-state index contributed by atoms with van der Waals surface area (Å²) in [6.45, 7) is 1.96. The van der Waals surface area contributed by atoms with Crippen molar-refractivity contribution in [3.63, 3.8) is 0 Å². The van der Waals surface area contributed by atoms with Gasteiger partial charge in [0.25, 0.3) is 5.69 Å². The van der Waals surface area contributed by atoms with Gasteiger partial charge < -0.3 is 5.32 Å². The van der Waals surface area contributed by atoms with Gasteiger partial charge in [-0.15, -0.1) is 11.8 Å². The van der Waals surface area contributed by atoms with E-state index >= 15 is 0 Å². The number of hydrogen-bond donors (Lipinski definition) is 1. The van der Waals surface area contributed by atoms with Crippen LogP contribution < -0.4 is 5.32 Å². The molecule has 2 saturated heterocycles. The number of nitrogens with zero attached hydrogens (tertiary/aromatic N) is 2. The number of ketones is 1. The zero-order chi connectivity index (χ0) is 24.3. The molecule has 7 nitrogen and oxygen atoms in total. The number of non-ortho nitro benzene ring substituents is 1. The Hall–Kier alpha value is -3.49. The molecule has 1 N–H and O–H groups in total.